The molecule has 6 nitrogen and oxygen atoms in total. The lowest BCUT2D eigenvalue weighted by molar-refractivity contribution is 0.0517. The predicted molar refractivity (Wildman–Crippen MR) is 123 cm³/mol. The molecule has 0 aliphatic carbocycles. The summed E-state index contributed by atoms with van der Waals surface area (Å²) >= 11 is 0. The molecule has 0 bridgehead atoms. The number of rotatable bonds is 5. The Hall–Kier alpha value is -2.86. The average molecular weight is 422 g/mol. The van der Waals surface area contributed by atoms with E-state index in [1.165, 1.54) is 0 Å². The molecular formula is C25H31N3O3. The second-order valence-electron chi connectivity index (χ2n) is 8.66. The van der Waals surface area contributed by atoms with Crippen LogP contribution in [0.3, 0.4) is 0 Å². The number of para-hydroxylation sites is 1. The minimum absolute atomic E-state index is 0.147. The highest BCUT2D eigenvalue weighted by Gasteiger charge is 2.27. The van der Waals surface area contributed by atoms with Crippen molar-refractivity contribution in [1.82, 2.24) is 14.9 Å². The van der Waals surface area contributed by atoms with Gasteiger partial charge >= 0.3 is 0 Å². The van der Waals surface area contributed by atoms with Gasteiger partial charge in [-0.2, -0.15) is 0 Å². The summed E-state index contributed by atoms with van der Waals surface area (Å²) < 4.78 is 7.86. The van der Waals surface area contributed by atoms with Crippen molar-refractivity contribution in [2.75, 3.05) is 13.2 Å². The molecule has 164 valence electrons. The fourth-order valence-corrected chi connectivity index (χ4v) is 4.97. The van der Waals surface area contributed by atoms with Crippen LogP contribution in [0.15, 0.2) is 35.1 Å². The van der Waals surface area contributed by atoms with E-state index in [0.717, 1.165) is 53.9 Å². The lowest BCUT2D eigenvalue weighted by Gasteiger charge is -2.30. The molecule has 1 atom stereocenters. The summed E-state index contributed by atoms with van der Waals surface area (Å²) in [7, 11) is 0. The smallest absolute Gasteiger partial charge is 0.254 e. The Bertz CT molecular complexity index is 1170. The fraction of sp³-hybridized carbons (Fsp3) is 0.440. The van der Waals surface area contributed by atoms with Gasteiger partial charge in [0, 0.05) is 53.7 Å². The number of aryl methyl sites for hydroxylation is 2. The van der Waals surface area contributed by atoms with Gasteiger partial charge in [-0.15, -0.1) is 0 Å². The van der Waals surface area contributed by atoms with Crippen molar-refractivity contribution in [2.45, 2.75) is 53.1 Å². The molecule has 2 aromatic heterocycles. The van der Waals surface area contributed by atoms with E-state index in [2.05, 4.69) is 27.9 Å². The number of H-pyrrole nitrogens is 1. The minimum atomic E-state index is -0.148. The molecule has 1 saturated heterocycles. The lowest BCUT2D eigenvalue weighted by Crippen LogP contribution is -2.28. The number of carbonyl (C=O) groups excluding carboxylic acids is 1. The molecule has 1 aliphatic heterocycles. The topological polar surface area (TPSA) is 76.1 Å². The molecule has 1 amide bonds. The number of benzene rings is 1. The number of aromatic amines is 1. The second-order valence-corrected chi connectivity index (χ2v) is 8.66. The van der Waals surface area contributed by atoms with Crippen LogP contribution in [0.5, 0.6) is 0 Å². The van der Waals surface area contributed by atoms with E-state index in [9.17, 15) is 9.59 Å². The van der Waals surface area contributed by atoms with Crippen molar-refractivity contribution in [3.8, 4) is 0 Å². The van der Waals surface area contributed by atoms with E-state index in [-0.39, 0.29) is 24.1 Å². The minimum Gasteiger partial charge on any atom is -0.381 e. The van der Waals surface area contributed by atoms with Gasteiger partial charge in [0.25, 0.3) is 11.5 Å². The summed E-state index contributed by atoms with van der Waals surface area (Å²) in [6, 6.07) is 10.3. The van der Waals surface area contributed by atoms with Crippen LogP contribution in [0, 0.1) is 26.7 Å². The van der Waals surface area contributed by atoms with Gasteiger partial charge in [-0.25, -0.2) is 0 Å². The largest absolute Gasteiger partial charge is 0.381 e. The number of nitrogens with one attached hydrogen (secondary N) is 2. The van der Waals surface area contributed by atoms with Crippen LogP contribution < -0.4 is 10.9 Å². The van der Waals surface area contributed by atoms with E-state index in [4.69, 9.17) is 4.74 Å². The molecule has 4 rings (SSSR count). The third kappa shape index (κ3) is 4.04. The molecule has 1 fully saturated rings. The van der Waals surface area contributed by atoms with Gasteiger partial charge < -0.3 is 19.6 Å². The number of pyridine rings is 1. The van der Waals surface area contributed by atoms with Crippen molar-refractivity contribution < 1.29 is 9.53 Å². The number of fused-ring (bicyclic) bond motifs is 1. The van der Waals surface area contributed by atoms with Gasteiger partial charge in [-0.05, 0) is 64.2 Å². The maximum atomic E-state index is 13.3. The molecule has 3 heterocycles. The van der Waals surface area contributed by atoms with Crippen LogP contribution in [0.2, 0.25) is 0 Å². The summed E-state index contributed by atoms with van der Waals surface area (Å²) in [4.78, 5) is 28.5. The molecule has 31 heavy (non-hydrogen) atoms. The molecule has 2 N–H and O–H groups in total. The van der Waals surface area contributed by atoms with Crippen molar-refractivity contribution in [1.29, 1.82) is 0 Å². The van der Waals surface area contributed by atoms with Crippen molar-refractivity contribution in [3.63, 3.8) is 0 Å². The maximum Gasteiger partial charge on any atom is 0.254 e. The normalized spacial score (nSPS) is 15.9. The van der Waals surface area contributed by atoms with Crippen molar-refractivity contribution >= 4 is 16.8 Å². The zero-order valence-corrected chi connectivity index (χ0v) is 18.7. The highest BCUT2D eigenvalue weighted by Crippen LogP contribution is 2.35. The molecule has 3 aromatic rings. The van der Waals surface area contributed by atoms with E-state index in [1.807, 2.05) is 45.0 Å². The summed E-state index contributed by atoms with van der Waals surface area (Å²) in [6.07, 6.45) is 2.06. The molecule has 0 radical (unpaired) electrons. The van der Waals surface area contributed by atoms with Gasteiger partial charge in [-0.3, -0.25) is 9.59 Å². The van der Waals surface area contributed by atoms with E-state index >= 15 is 0 Å². The van der Waals surface area contributed by atoms with Crippen LogP contribution >= 0.6 is 0 Å². The molecule has 1 aromatic carbocycles. The zero-order chi connectivity index (χ0) is 22.1. The van der Waals surface area contributed by atoms with Gasteiger partial charge in [-0.1, -0.05) is 18.2 Å². The van der Waals surface area contributed by atoms with Gasteiger partial charge in [0.2, 0.25) is 0 Å². The van der Waals surface area contributed by atoms with E-state index in [1.54, 1.807) is 0 Å². The number of amides is 1. The first kappa shape index (κ1) is 21.4. The molecule has 0 saturated carbocycles. The quantitative estimate of drug-likeness (QED) is 0.649. The van der Waals surface area contributed by atoms with Crippen LogP contribution in [0.1, 0.15) is 58.7 Å². The van der Waals surface area contributed by atoms with Crippen LogP contribution in [-0.4, -0.2) is 28.7 Å². The number of hydrogen-bond donors (Lipinski definition) is 2. The first-order valence-corrected chi connectivity index (χ1v) is 11.0. The molecule has 1 aliphatic rings. The lowest BCUT2D eigenvalue weighted by atomic mass is 9.92. The summed E-state index contributed by atoms with van der Waals surface area (Å²) in [6.45, 7) is 9.82. The van der Waals surface area contributed by atoms with Crippen molar-refractivity contribution in [3.05, 3.63) is 68.8 Å². The van der Waals surface area contributed by atoms with Crippen LogP contribution in [0.25, 0.3) is 10.9 Å². The second kappa shape index (κ2) is 8.71. The highest BCUT2D eigenvalue weighted by atomic mass is 16.5. The third-order valence-corrected chi connectivity index (χ3v) is 6.66. The Morgan fingerprint density at radius 2 is 1.94 bits per heavy atom. The number of ether oxygens (including phenoxy) is 1. The van der Waals surface area contributed by atoms with Gasteiger partial charge in [0.1, 0.15) is 0 Å². The SMILES string of the molecule is Cc1cc(C)c(CNC(=O)c2c(C)n([C@@H](C)C3CCOCC3)c3ccccc23)c(=O)[nH]1. The number of aromatic nitrogens is 2. The Morgan fingerprint density at radius 1 is 1.23 bits per heavy atom. The van der Waals surface area contributed by atoms with Crippen LogP contribution in [0.4, 0.5) is 0 Å². The monoisotopic (exact) mass is 421 g/mol. The molecule has 0 spiro atoms. The highest BCUT2D eigenvalue weighted by molar-refractivity contribution is 6.08. The average Bonchev–Trinajstić information content (AvgIpc) is 3.04. The first-order chi connectivity index (χ1) is 14.9. The number of carbonyl (C=O) groups is 1. The van der Waals surface area contributed by atoms with Gasteiger partial charge in [0.15, 0.2) is 0 Å². The standard InChI is InChI=1S/C25H31N3O3/c1-15-13-16(2)27-24(29)21(15)14-26-25(30)23-18(4)28(22-8-6-5-7-20(22)23)17(3)19-9-11-31-12-10-19/h5-8,13,17,19H,9-12,14H2,1-4H3,(H,26,30)(H,27,29)/t17-/m0/s1. The Balaban J connectivity index is 1.67. The molecular weight excluding hydrogens is 390 g/mol. The van der Waals surface area contributed by atoms with Crippen LogP contribution in [-0.2, 0) is 11.3 Å². The van der Waals surface area contributed by atoms with Gasteiger partial charge in [0.05, 0.1) is 5.56 Å². The Labute approximate surface area is 182 Å². The number of nitrogens with zero attached hydrogens (tertiary/aromatic N) is 1. The Kier molecular flexibility index (Phi) is 6.01. The molecule has 0 unspecified atom stereocenters. The van der Waals surface area contributed by atoms with E-state index in [0.29, 0.717) is 17.0 Å². The Morgan fingerprint density at radius 3 is 2.65 bits per heavy atom. The maximum absolute atomic E-state index is 13.3. The predicted octanol–water partition coefficient (Wildman–Crippen LogP) is 4.17. The third-order valence-electron chi connectivity index (χ3n) is 6.66. The summed E-state index contributed by atoms with van der Waals surface area (Å²) in [5.41, 5.74) is 4.88. The van der Waals surface area contributed by atoms with E-state index < -0.39 is 0 Å². The molecule has 6 heteroatoms. The zero-order valence-electron chi connectivity index (χ0n) is 18.7. The number of hydrogen-bond acceptors (Lipinski definition) is 3. The van der Waals surface area contributed by atoms with Crippen molar-refractivity contribution in [2.24, 2.45) is 5.92 Å². The summed E-state index contributed by atoms with van der Waals surface area (Å²) in [5, 5.41) is 3.94. The first-order valence-electron chi connectivity index (χ1n) is 11.0. The summed E-state index contributed by atoms with van der Waals surface area (Å²) in [5.74, 6) is 0.374. The fourth-order valence-electron chi connectivity index (χ4n) is 4.97.